The molecule has 0 saturated heterocycles. The molecular weight excluding hydrogens is 308 g/mol. The van der Waals surface area contributed by atoms with Crippen LogP contribution in [0, 0.1) is 0 Å². The molecular formula is C8H16N6O4S2. The second-order valence-electron chi connectivity index (χ2n) is 3.28. The number of aliphatic hydroxyl groups excluding tert-OH is 2. The van der Waals surface area contributed by atoms with Gasteiger partial charge in [-0.05, 0) is 24.4 Å². The number of carbonyl (C=O) groups excluding carboxylic acids is 2. The monoisotopic (exact) mass is 324 g/mol. The average molecular weight is 324 g/mol. The quantitative estimate of drug-likeness (QED) is 0.191. The van der Waals surface area contributed by atoms with Crippen LogP contribution in [0.4, 0.5) is 0 Å². The molecule has 2 amide bonds. The zero-order valence-electron chi connectivity index (χ0n) is 10.7. The molecule has 0 aromatic heterocycles. The Balaban J connectivity index is 4.27. The molecule has 12 heteroatoms. The van der Waals surface area contributed by atoms with E-state index in [2.05, 4.69) is 45.9 Å². The van der Waals surface area contributed by atoms with E-state index in [1.54, 1.807) is 0 Å². The Bertz CT molecular complexity index is 357. The second-order valence-corrected chi connectivity index (χ2v) is 4.09. The Morgan fingerprint density at radius 1 is 0.800 bits per heavy atom. The predicted molar refractivity (Wildman–Crippen MR) is 77.9 cm³/mol. The van der Waals surface area contributed by atoms with Crippen LogP contribution in [0.25, 0.3) is 0 Å². The molecule has 0 spiro atoms. The van der Waals surface area contributed by atoms with Crippen LogP contribution in [0.2, 0.25) is 0 Å². The van der Waals surface area contributed by atoms with Crippen LogP contribution in [0.5, 0.6) is 0 Å². The Labute approximate surface area is 125 Å². The number of hydrogen-bond donors (Lipinski definition) is 8. The van der Waals surface area contributed by atoms with Crippen LogP contribution < -0.4 is 32.3 Å². The molecule has 0 fully saturated rings. The van der Waals surface area contributed by atoms with E-state index >= 15 is 0 Å². The first-order valence-electron chi connectivity index (χ1n) is 5.24. The number of hydrazine groups is 2. The van der Waals surface area contributed by atoms with Crippen LogP contribution in [-0.4, -0.2) is 58.6 Å². The zero-order valence-corrected chi connectivity index (χ0v) is 12.3. The maximum Gasteiger partial charge on any atom is 0.270 e. The summed E-state index contributed by atoms with van der Waals surface area (Å²) in [7, 11) is 3.02. The highest BCUT2D eigenvalue weighted by Gasteiger charge is 2.30. The van der Waals surface area contributed by atoms with Gasteiger partial charge in [0.25, 0.3) is 11.8 Å². The SMILES string of the molecule is CNC(=S)NNC(=O)[C@H](O)[C@@H](O)C(=O)NNC(=S)NC. The summed E-state index contributed by atoms with van der Waals surface area (Å²) in [5, 5.41) is 24.1. The summed E-state index contributed by atoms with van der Waals surface area (Å²) in [6.45, 7) is 0. The van der Waals surface area contributed by atoms with Gasteiger partial charge in [-0.2, -0.15) is 0 Å². The maximum absolute atomic E-state index is 11.4. The number of rotatable bonds is 3. The van der Waals surface area contributed by atoms with Gasteiger partial charge in [0.1, 0.15) is 0 Å². The van der Waals surface area contributed by atoms with Crippen molar-refractivity contribution < 1.29 is 19.8 Å². The standard InChI is InChI=1S/C8H16N6O4S2/c1-9-7(19)13-11-5(17)3(15)4(16)6(18)12-14-8(20)10-2/h3-4,15-16H,1-2H3,(H,11,17)(H,12,18)(H2,9,13,19)(H2,10,14,20)/t3-,4-/m1/s1. The van der Waals surface area contributed by atoms with Crippen molar-refractivity contribution in [1.29, 1.82) is 0 Å². The van der Waals surface area contributed by atoms with E-state index in [-0.39, 0.29) is 10.2 Å². The van der Waals surface area contributed by atoms with Gasteiger partial charge < -0.3 is 20.8 Å². The predicted octanol–water partition coefficient (Wildman–Crippen LogP) is -4.04. The van der Waals surface area contributed by atoms with Crippen molar-refractivity contribution in [2.24, 2.45) is 0 Å². The summed E-state index contributed by atoms with van der Waals surface area (Å²) in [5.41, 5.74) is 8.48. The first-order chi connectivity index (χ1) is 9.33. The summed E-state index contributed by atoms with van der Waals surface area (Å²) in [6, 6.07) is 0. The highest BCUT2D eigenvalue weighted by molar-refractivity contribution is 7.80. The number of hydrogen-bond acceptors (Lipinski definition) is 6. The third kappa shape index (κ3) is 6.42. The minimum absolute atomic E-state index is 0.0885. The Hall–Kier alpha value is -1.76. The third-order valence-corrected chi connectivity index (χ3v) is 2.50. The van der Waals surface area contributed by atoms with Crippen molar-refractivity contribution >= 4 is 46.5 Å². The number of carbonyl (C=O) groups is 2. The molecule has 0 heterocycles. The van der Waals surface area contributed by atoms with Crippen LogP contribution in [-0.2, 0) is 9.59 Å². The largest absolute Gasteiger partial charge is 0.380 e. The topological polar surface area (TPSA) is 147 Å². The van der Waals surface area contributed by atoms with Crippen molar-refractivity contribution in [3.05, 3.63) is 0 Å². The van der Waals surface area contributed by atoms with Crippen molar-refractivity contribution in [3.8, 4) is 0 Å². The van der Waals surface area contributed by atoms with Crippen LogP contribution in [0.3, 0.4) is 0 Å². The second kappa shape index (κ2) is 9.19. The van der Waals surface area contributed by atoms with Gasteiger partial charge >= 0.3 is 0 Å². The molecule has 0 aliphatic carbocycles. The van der Waals surface area contributed by atoms with Gasteiger partial charge in [-0.15, -0.1) is 0 Å². The fourth-order valence-corrected chi connectivity index (χ4v) is 0.898. The van der Waals surface area contributed by atoms with E-state index in [1.807, 2.05) is 10.9 Å². The smallest absolute Gasteiger partial charge is 0.270 e. The lowest BCUT2D eigenvalue weighted by Crippen LogP contribution is -2.57. The molecule has 0 bridgehead atoms. The minimum atomic E-state index is -1.99. The van der Waals surface area contributed by atoms with Gasteiger partial charge in [0, 0.05) is 14.1 Å². The molecule has 114 valence electrons. The van der Waals surface area contributed by atoms with Crippen molar-refractivity contribution in [3.63, 3.8) is 0 Å². The highest BCUT2D eigenvalue weighted by Crippen LogP contribution is 1.93. The van der Waals surface area contributed by atoms with Crippen molar-refractivity contribution in [2.75, 3.05) is 14.1 Å². The molecule has 10 nitrogen and oxygen atoms in total. The van der Waals surface area contributed by atoms with Crippen LogP contribution >= 0.6 is 24.4 Å². The summed E-state index contributed by atoms with van der Waals surface area (Å²) < 4.78 is 0. The molecule has 0 aromatic rings. The van der Waals surface area contributed by atoms with Gasteiger partial charge in [-0.1, -0.05) is 0 Å². The van der Waals surface area contributed by atoms with Gasteiger partial charge in [0.15, 0.2) is 22.4 Å². The number of nitrogens with one attached hydrogen (secondary N) is 6. The van der Waals surface area contributed by atoms with Gasteiger partial charge in [0.2, 0.25) is 0 Å². The Morgan fingerprint density at radius 2 is 1.10 bits per heavy atom. The van der Waals surface area contributed by atoms with Gasteiger partial charge in [-0.3, -0.25) is 31.3 Å². The molecule has 20 heavy (non-hydrogen) atoms. The number of thiocarbonyl (C=S) groups is 2. The van der Waals surface area contributed by atoms with Crippen molar-refractivity contribution in [2.45, 2.75) is 12.2 Å². The Kier molecular flexibility index (Phi) is 8.38. The van der Waals surface area contributed by atoms with E-state index in [4.69, 9.17) is 0 Å². The average Bonchev–Trinajstić information content (AvgIpc) is 2.47. The zero-order chi connectivity index (χ0) is 15.7. The molecule has 0 radical (unpaired) electrons. The molecule has 0 aliphatic heterocycles. The normalized spacial score (nSPS) is 12.4. The Morgan fingerprint density at radius 3 is 1.35 bits per heavy atom. The lowest BCUT2D eigenvalue weighted by molar-refractivity contribution is -0.146. The summed E-state index contributed by atoms with van der Waals surface area (Å²) in [5.74, 6) is -2.08. The molecule has 0 unspecified atom stereocenters. The van der Waals surface area contributed by atoms with Crippen LogP contribution in [0.1, 0.15) is 0 Å². The third-order valence-electron chi connectivity index (χ3n) is 1.89. The first-order valence-corrected chi connectivity index (χ1v) is 6.06. The fraction of sp³-hybridized carbons (Fsp3) is 0.500. The maximum atomic E-state index is 11.4. The molecule has 0 rings (SSSR count). The van der Waals surface area contributed by atoms with E-state index in [9.17, 15) is 19.8 Å². The molecule has 0 aliphatic rings. The minimum Gasteiger partial charge on any atom is -0.380 e. The number of aliphatic hydroxyl groups is 2. The van der Waals surface area contributed by atoms with Crippen LogP contribution in [0.15, 0.2) is 0 Å². The highest BCUT2D eigenvalue weighted by atomic mass is 32.1. The van der Waals surface area contributed by atoms with Crippen molar-refractivity contribution in [1.82, 2.24) is 32.3 Å². The summed E-state index contributed by atoms with van der Waals surface area (Å²) in [6.07, 6.45) is -3.99. The lowest BCUT2D eigenvalue weighted by Gasteiger charge is -2.18. The van der Waals surface area contributed by atoms with E-state index in [0.717, 1.165) is 0 Å². The van der Waals surface area contributed by atoms with E-state index in [1.165, 1.54) is 14.1 Å². The lowest BCUT2D eigenvalue weighted by atomic mass is 10.2. The summed E-state index contributed by atoms with van der Waals surface area (Å²) in [4.78, 5) is 22.8. The van der Waals surface area contributed by atoms with E-state index < -0.39 is 24.0 Å². The molecule has 8 N–H and O–H groups in total. The van der Waals surface area contributed by atoms with E-state index in [0.29, 0.717) is 0 Å². The fourth-order valence-electron chi connectivity index (χ4n) is 0.796. The van der Waals surface area contributed by atoms with Gasteiger partial charge in [0.05, 0.1) is 0 Å². The molecule has 2 atom stereocenters. The number of amides is 2. The van der Waals surface area contributed by atoms with Gasteiger partial charge in [-0.25, -0.2) is 0 Å². The molecule has 0 aromatic carbocycles. The summed E-state index contributed by atoms with van der Waals surface area (Å²) >= 11 is 9.34. The molecule has 0 saturated carbocycles. The first kappa shape index (κ1) is 18.2.